The first kappa shape index (κ1) is 17.1. The third kappa shape index (κ3) is 3.55. The molecule has 102 valence electrons. The maximum Gasteiger partial charge on any atom is 0.276 e. The van der Waals surface area contributed by atoms with Gasteiger partial charge in [-0.3, -0.25) is 9.59 Å². The lowest BCUT2D eigenvalue weighted by Gasteiger charge is -2.15. The zero-order valence-electron chi connectivity index (χ0n) is 11.4. The molecule has 0 radical (unpaired) electrons. The Morgan fingerprint density at radius 2 is 0.700 bits per heavy atom. The van der Waals surface area contributed by atoms with E-state index in [1.165, 1.54) is 0 Å². The second-order valence-corrected chi connectivity index (χ2v) is 3.80. The Hall–Kier alpha value is -2.88. The van der Waals surface area contributed by atoms with Gasteiger partial charge in [0.25, 0.3) is 11.8 Å². The molecular formula is C16H16N2O2. The van der Waals surface area contributed by atoms with Gasteiger partial charge in [-0.15, -0.1) is 0 Å². The van der Waals surface area contributed by atoms with Crippen molar-refractivity contribution in [2.24, 2.45) is 9.98 Å². The van der Waals surface area contributed by atoms with Crippen molar-refractivity contribution < 1.29 is 9.59 Å². The molecule has 0 saturated carbocycles. The Morgan fingerprint density at radius 1 is 0.500 bits per heavy atom. The molecular weight excluding hydrogens is 252 g/mol. The van der Waals surface area contributed by atoms with Crippen LogP contribution in [0.15, 0.2) is 82.9 Å². The molecule has 2 amide bonds. The average Bonchev–Trinajstić information content (AvgIpc) is 2.48. The molecule has 0 saturated heterocycles. The SMILES string of the molecule is C=NC(=O)C(=C)C(=C)C(=C)C(=C)C(=C)C(=C)C(=O)N=C. The minimum atomic E-state index is -0.614. The maximum absolute atomic E-state index is 11.4. The molecule has 0 aromatic rings. The topological polar surface area (TPSA) is 58.9 Å². The number of allylic oxidation sites excluding steroid dienone is 2. The van der Waals surface area contributed by atoms with E-state index in [9.17, 15) is 9.59 Å². The number of hydrogen-bond acceptors (Lipinski definition) is 2. The average molecular weight is 268 g/mol. The van der Waals surface area contributed by atoms with Crippen molar-refractivity contribution in [3.63, 3.8) is 0 Å². The van der Waals surface area contributed by atoms with Crippen LogP contribution in [0.2, 0.25) is 0 Å². The van der Waals surface area contributed by atoms with Crippen molar-refractivity contribution in [1.29, 1.82) is 0 Å². The lowest BCUT2D eigenvalue weighted by molar-refractivity contribution is -0.114. The van der Waals surface area contributed by atoms with Gasteiger partial charge in [0.15, 0.2) is 0 Å². The van der Waals surface area contributed by atoms with Crippen LogP contribution in [0.3, 0.4) is 0 Å². The molecule has 0 spiro atoms. The van der Waals surface area contributed by atoms with Crippen molar-refractivity contribution in [1.82, 2.24) is 0 Å². The number of aliphatic imine (C=N–C) groups is 2. The van der Waals surface area contributed by atoms with Gasteiger partial charge in [0.1, 0.15) is 0 Å². The summed E-state index contributed by atoms with van der Waals surface area (Å²) in [5.41, 5.74) is 1.15. The summed E-state index contributed by atoms with van der Waals surface area (Å²) in [5, 5.41) is 0. The van der Waals surface area contributed by atoms with Gasteiger partial charge in [-0.25, -0.2) is 9.98 Å². The maximum atomic E-state index is 11.4. The summed E-state index contributed by atoms with van der Waals surface area (Å²) >= 11 is 0. The quantitative estimate of drug-likeness (QED) is 0.405. The second kappa shape index (κ2) is 6.89. The molecule has 0 atom stereocenters. The number of rotatable bonds is 7. The predicted molar refractivity (Wildman–Crippen MR) is 84.0 cm³/mol. The molecule has 4 heteroatoms. The molecule has 0 aliphatic rings. The van der Waals surface area contributed by atoms with E-state index in [2.05, 4.69) is 62.9 Å². The van der Waals surface area contributed by atoms with Gasteiger partial charge in [0.05, 0.1) is 0 Å². The molecule has 0 aliphatic carbocycles. The molecule has 0 heterocycles. The Labute approximate surface area is 118 Å². The van der Waals surface area contributed by atoms with Crippen LogP contribution < -0.4 is 0 Å². The van der Waals surface area contributed by atoms with E-state index >= 15 is 0 Å². The van der Waals surface area contributed by atoms with Crippen LogP contribution in [0.4, 0.5) is 0 Å². The zero-order chi connectivity index (χ0) is 16.0. The Balaban J connectivity index is 5.19. The highest BCUT2D eigenvalue weighted by molar-refractivity contribution is 6.03. The summed E-state index contributed by atoms with van der Waals surface area (Å²) in [6, 6.07) is 0. The van der Waals surface area contributed by atoms with Gasteiger partial charge in [-0.1, -0.05) is 39.5 Å². The fraction of sp³-hybridized carbons (Fsp3) is 0. The lowest BCUT2D eigenvalue weighted by atomic mass is 9.89. The standard InChI is InChI=1S/C16H16N2O2/c1-9(11(3)13(5)15(19)17-7)10(2)12(4)14(6)16(20)18-8/h1-8H2. The Bertz CT molecular complexity index is 550. The van der Waals surface area contributed by atoms with E-state index < -0.39 is 11.8 Å². The highest BCUT2D eigenvalue weighted by atomic mass is 16.1. The fourth-order valence-electron chi connectivity index (χ4n) is 1.18. The number of carbonyl (C=O) groups excluding carboxylic acids is 2. The van der Waals surface area contributed by atoms with Crippen molar-refractivity contribution in [2.75, 3.05) is 0 Å². The van der Waals surface area contributed by atoms with Crippen LogP contribution in [0, 0.1) is 0 Å². The highest BCUT2D eigenvalue weighted by Crippen LogP contribution is 2.28. The van der Waals surface area contributed by atoms with Crippen LogP contribution >= 0.6 is 0 Å². The van der Waals surface area contributed by atoms with Gasteiger partial charge in [-0.2, -0.15) is 0 Å². The predicted octanol–water partition coefficient (Wildman–Crippen LogP) is 2.78. The van der Waals surface area contributed by atoms with Gasteiger partial charge >= 0.3 is 0 Å². The summed E-state index contributed by atoms with van der Waals surface area (Å²) in [4.78, 5) is 29.2. The summed E-state index contributed by atoms with van der Waals surface area (Å²) in [6.07, 6.45) is 0. The fourth-order valence-corrected chi connectivity index (χ4v) is 1.18. The summed E-state index contributed by atoms with van der Waals surface area (Å²) in [5.74, 6) is -1.23. The van der Waals surface area contributed by atoms with Crippen LogP contribution in [0.5, 0.6) is 0 Å². The highest BCUT2D eigenvalue weighted by Gasteiger charge is 2.18. The van der Waals surface area contributed by atoms with Crippen LogP contribution in [0.1, 0.15) is 0 Å². The Morgan fingerprint density at radius 3 is 0.900 bits per heavy atom. The van der Waals surface area contributed by atoms with Gasteiger partial charge < -0.3 is 0 Å². The largest absolute Gasteiger partial charge is 0.276 e. The van der Waals surface area contributed by atoms with E-state index in [1.807, 2.05) is 0 Å². The first-order chi connectivity index (χ1) is 9.18. The first-order valence-corrected chi connectivity index (χ1v) is 5.36. The molecule has 0 unspecified atom stereocenters. The van der Waals surface area contributed by atoms with E-state index in [1.54, 1.807) is 0 Å². The molecule has 0 aromatic carbocycles. The first-order valence-electron chi connectivity index (χ1n) is 5.36. The second-order valence-electron chi connectivity index (χ2n) is 3.80. The van der Waals surface area contributed by atoms with Gasteiger partial charge in [0, 0.05) is 11.1 Å². The minimum absolute atomic E-state index is 0.0396. The molecule has 0 fully saturated rings. The minimum Gasteiger partial charge on any atom is -0.267 e. The molecule has 0 rings (SSSR count). The molecule has 0 aromatic heterocycles. The van der Waals surface area contributed by atoms with Crippen molar-refractivity contribution in [3.8, 4) is 0 Å². The van der Waals surface area contributed by atoms with Crippen molar-refractivity contribution in [3.05, 3.63) is 72.9 Å². The lowest BCUT2D eigenvalue weighted by Crippen LogP contribution is -2.06. The number of nitrogens with zero attached hydrogens (tertiary/aromatic N) is 2. The number of carbonyl (C=O) groups is 2. The molecule has 20 heavy (non-hydrogen) atoms. The zero-order valence-corrected chi connectivity index (χ0v) is 11.4. The van der Waals surface area contributed by atoms with E-state index in [0.29, 0.717) is 11.1 Å². The summed E-state index contributed by atoms with van der Waals surface area (Å²) in [7, 11) is 0. The normalized spacial score (nSPS) is 9.00. The molecule has 0 bridgehead atoms. The summed E-state index contributed by atoms with van der Waals surface area (Å²) in [6.45, 7) is 28.2. The number of amides is 2. The summed E-state index contributed by atoms with van der Waals surface area (Å²) < 4.78 is 0. The third-order valence-corrected chi connectivity index (χ3v) is 2.62. The van der Waals surface area contributed by atoms with Gasteiger partial charge in [-0.05, 0) is 35.7 Å². The molecule has 0 aliphatic heterocycles. The third-order valence-electron chi connectivity index (χ3n) is 2.62. The van der Waals surface area contributed by atoms with E-state index in [4.69, 9.17) is 0 Å². The van der Waals surface area contributed by atoms with Crippen LogP contribution in [-0.4, -0.2) is 25.2 Å². The Kier molecular flexibility index (Phi) is 5.90. The van der Waals surface area contributed by atoms with Crippen molar-refractivity contribution >= 4 is 25.2 Å². The van der Waals surface area contributed by atoms with Crippen LogP contribution in [-0.2, 0) is 9.59 Å². The number of hydrogen-bond donors (Lipinski definition) is 0. The van der Waals surface area contributed by atoms with Gasteiger partial charge in [0.2, 0.25) is 0 Å². The molecule has 0 N–H and O–H groups in total. The van der Waals surface area contributed by atoms with E-state index in [0.717, 1.165) is 0 Å². The van der Waals surface area contributed by atoms with E-state index in [-0.39, 0.29) is 22.3 Å². The van der Waals surface area contributed by atoms with Crippen LogP contribution in [0.25, 0.3) is 0 Å². The van der Waals surface area contributed by atoms with Crippen molar-refractivity contribution in [2.45, 2.75) is 0 Å². The molecule has 4 nitrogen and oxygen atoms in total. The smallest absolute Gasteiger partial charge is 0.267 e. The monoisotopic (exact) mass is 268 g/mol.